The highest BCUT2D eigenvalue weighted by Gasteiger charge is 2.30. The molecule has 0 fully saturated rings. The van der Waals surface area contributed by atoms with Gasteiger partial charge in [-0.2, -0.15) is 13.2 Å². The normalized spacial score (nSPS) is 11.5. The van der Waals surface area contributed by atoms with Crippen molar-refractivity contribution in [2.75, 3.05) is 6.61 Å². The van der Waals surface area contributed by atoms with Crippen molar-refractivity contribution < 1.29 is 27.1 Å². The smallest absolute Gasteiger partial charge is 0.416 e. The highest BCUT2D eigenvalue weighted by molar-refractivity contribution is 5.88. The molecule has 1 aromatic carbocycles. The van der Waals surface area contributed by atoms with Crippen molar-refractivity contribution in [3.05, 3.63) is 41.3 Å². The van der Waals surface area contributed by atoms with Gasteiger partial charge in [0.05, 0.1) is 12.2 Å². The summed E-state index contributed by atoms with van der Waals surface area (Å²) >= 11 is 0. The summed E-state index contributed by atoms with van der Waals surface area (Å²) in [6, 6.07) is 4.34. The Labute approximate surface area is 118 Å². The monoisotopic (exact) mass is 299 g/mol. The average Bonchev–Trinajstić information content (AvgIpc) is 2.80. The molecule has 0 amide bonds. The Morgan fingerprint density at radius 1 is 1.29 bits per heavy atom. The minimum Gasteiger partial charge on any atom is -0.461 e. The zero-order valence-electron chi connectivity index (χ0n) is 11.3. The second-order valence-corrected chi connectivity index (χ2v) is 4.22. The molecule has 1 aromatic heterocycles. The topological polar surface area (TPSA) is 52.3 Å². The number of ether oxygens (including phenoxy) is 1. The van der Waals surface area contributed by atoms with Gasteiger partial charge >= 0.3 is 12.1 Å². The van der Waals surface area contributed by atoms with Crippen LogP contribution in [-0.2, 0) is 10.9 Å². The number of oxazole rings is 1. The molecule has 4 nitrogen and oxygen atoms in total. The van der Waals surface area contributed by atoms with E-state index in [1.54, 1.807) is 6.92 Å². The predicted octanol–water partition coefficient (Wildman–Crippen LogP) is 3.85. The van der Waals surface area contributed by atoms with E-state index in [4.69, 9.17) is 9.15 Å². The van der Waals surface area contributed by atoms with E-state index in [9.17, 15) is 18.0 Å². The van der Waals surface area contributed by atoms with Gasteiger partial charge in [0.1, 0.15) is 5.76 Å². The number of aryl methyl sites for hydroxylation is 1. The van der Waals surface area contributed by atoms with Crippen molar-refractivity contribution in [2.24, 2.45) is 0 Å². The van der Waals surface area contributed by atoms with Gasteiger partial charge in [0.15, 0.2) is 5.69 Å². The lowest BCUT2D eigenvalue weighted by Gasteiger charge is -2.05. The van der Waals surface area contributed by atoms with Gasteiger partial charge in [0, 0.05) is 5.56 Å². The van der Waals surface area contributed by atoms with Crippen molar-refractivity contribution in [3.8, 4) is 11.5 Å². The van der Waals surface area contributed by atoms with Gasteiger partial charge in [-0.1, -0.05) is 0 Å². The van der Waals surface area contributed by atoms with Gasteiger partial charge in [-0.05, 0) is 38.1 Å². The number of alkyl halides is 3. The van der Waals surface area contributed by atoms with Gasteiger partial charge in [-0.3, -0.25) is 0 Å². The summed E-state index contributed by atoms with van der Waals surface area (Å²) in [7, 11) is 0. The number of esters is 1. The van der Waals surface area contributed by atoms with E-state index in [-0.39, 0.29) is 24.0 Å². The van der Waals surface area contributed by atoms with Crippen LogP contribution in [0, 0.1) is 6.92 Å². The summed E-state index contributed by atoms with van der Waals surface area (Å²) in [4.78, 5) is 15.6. The fourth-order valence-electron chi connectivity index (χ4n) is 1.71. The summed E-state index contributed by atoms with van der Waals surface area (Å²) in [5.41, 5.74) is -0.395. The molecule has 0 spiro atoms. The number of aromatic nitrogens is 1. The molecule has 1 heterocycles. The molecule has 21 heavy (non-hydrogen) atoms. The van der Waals surface area contributed by atoms with Crippen LogP contribution in [0.4, 0.5) is 13.2 Å². The standard InChI is InChI=1S/C14H12F3NO3/c1-3-20-13(19)11-8(2)21-12(18-11)9-4-6-10(7-5-9)14(15,16)17/h4-7H,3H2,1-2H3. The highest BCUT2D eigenvalue weighted by Crippen LogP contribution is 2.31. The van der Waals surface area contributed by atoms with Crippen molar-refractivity contribution in [1.29, 1.82) is 0 Å². The molecule has 0 aliphatic carbocycles. The summed E-state index contributed by atoms with van der Waals surface area (Å²) in [5, 5.41) is 0. The summed E-state index contributed by atoms with van der Waals surface area (Å²) in [5.74, 6) is -0.301. The predicted molar refractivity (Wildman–Crippen MR) is 67.6 cm³/mol. The number of hydrogen-bond donors (Lipinski definition) is 0. The third-order valence-corrected chi connectivity index (χ3v) is 2.72. The van der Waals surface area contributed by atoms with Gasteiger partial charge in [-0.25, -0.2) is 9.78 Å². The number of halogens is 3. The maximum absolute atomic E-state index is 12.5. The van der Waals surface area contributed by atoms with E-state index < -0.39 is 17.7 Å². The molecule has 0 unspecified atom stereocenters. The van der Waals surface area contributed by atoms with E-state index in [0.717, 1.165) is 12.1 Å². The second-order valence-electron chi connectivity index (χ2n) is 4.22. The van der Waals surface area contributed by atoms with Gasteiger partial charge in [0.25, 0.3) is 0 Å². The minimum absolute atomic E-state index is 0.0201. The van der Waals surface area contributed by atoms with E-state index in [1.807, 2.05) is 0 Å². The molecule has 112 valence electrons. The van der Waals surface area contributed by atoms with Gasteiger partial charge < -0.3 is 9.15 Å². The Morgan fingerprint density at radius 3 is 2.43 bits per heavy atom. The lowest BCUT2D eigenvalue weighted by Crippen LogP contribution is -2.06. The number of hydrogen-bond acceptors (Lipinski definition) is 4. The summed E-state index contributed by atoms with van der Waals surface area (Å²) < 4.78 is 47.6. The molecule has 7 heteroatoms. The van der Waals surface area contributed by atoms with Crippen LogP contribution in [0.25, 0.3) is 11.5 Å². The largest absolute Gasteiger partial charge is 0.461 e. The maximum Gasteiger partial charge on any atom is 0.416 e. The van der Waals surface area contributed by atoms with Crippen LogP contribution in [0.5, 0.6) is 0 Å². The van der Waals surface area contributed by atoms with Crippen LogP contribution in [0.2, 0.25) is 0 Å². The molecule has 0 aliphatic heterocycles. The molecular weight excluding hydrogens is 287 g/mol. The molecule has 2 rings (SSSR count). The van der Waals surface area contributed by atoms with Crippen LogP contribution < -0.4 is 0 Å². The Balaban J connectivity index is 2.31. The summed E-state index contributed by atoms with van der Waals surface area (Å²) in [6.07, 6.45) is -4.40. The number of carbonyl (C=O) groups is 1. The van der Waals surface area contributed by atoms with Crippen molar-refractivity contribution >= 4 is 5.97 Å². The fourth-order valence-corrected chi connectivity index (χ4v) is 1.71. The van der Waals surface area contributed by atoms with Crippen molar-refractivity contribution in [1.82, 2.24) is 4.98 Å². The molecule has 0 saturated heterocycles. The van der Waals surface area contributed by atoms with Crippen LogP contribution in [0.3, 0.4) is 0 Å². The van der Waals surface area contributed by atoms with E-state index in [0.29, 0.717) is 5.56 Å². The number of nitrogens with zero attached hydrogens (tertiary/aromatic N) is 1. The maximum atomic E-state index is 12.5. The Bertz CT molecular complexity index is 644. The zero-order valence-corrected chi connectivity index (χ0v) is 11.3. The number of rotatable bonds is 3. The molecule has 0 bridgehead atoms. The molecule has 2 aromatic rings. The first-order chi connectivity index (χ1) is 9.82. The Hall–Kier alpha value is -2.31. The fraction of sp³-hybridized carbons (Fsp3) is 0.286. The van der Waals surface area contributed by atoms with Gasteiger partial charge in [-0.15, -0.1) is 0 Å². The van der Waals surface area contributed by atoms with Crippen LogP contribution in [0.1, 0.15) is 28.7 Å². The van der Waals surface area contributed by atoms with Crippen molar-refractivity contribution in [2.45, 2.75) is 20.0 Å². The second kappa shape index (κ2) is 5.59. The number of carbonyl (C=O) groups excluding carboxylic acids is 1. The van der Waals surface area contributed by atoms with E-state index in [2.05, 4.69) is 4.98 Å². The van der Waals surface area contributed by atoms with Crippen LogP contribution in [-0.4, -0.2) is 17.6 Å². The first kappa shape index (κ1) is 15.1. The third kappa shape index (κ3) is 3.24. The first-order valence-electron chi connectivity index (χ1n) is 6.15. The SMILES string of the molecule is CCOC(=O)c1nc(-c2ccc(C(F)(F)F)cc2)oc1C. The third-order valence-electron chi connectivity index (χ3n) is 2.72. The molecule has 0 aliphatic rings. The molecule has 0 saturated carbocycles. The van der Waals surface area contributed by atoms with E-state index in [1.165, 1.54) is 19.1 Å². The quantitative estimate of drug-likeness (QED) is 0.808. The minimum atomic E-state index is -4.40. The first-order valence-corrected chi connectivity index (χ1v) is 6.15. The van der Waals surface area contributed by atoms with E-state index >= 15 is 0 Å². The Kier molecular flexibility index (Phi) is 4.02. The molecular formula is C14H12F3NO3. The van der Waals surface area contributed by atoms with Crippen LogP contribution in [0.15, 0.2) is 28.7 Å². The highest BCUT2D eigenvalue weighted by atomic mass is 19.4. The van der Waals surface area contributed by atoms with Gasteiger partial charge in [0.2, 0.25) is 5.89 Å². The molecule has 0 atom stereocenters. The zero-order chi connectivity index (χ0) is 15.6. The lowest BCUT2D eigenvalue weighted by atomic mass is 10.1. The average molecular weight is 299 g/mol. The Morgan fingerprint density at radius 2 is 1.90 bits per heavy atom. The van der Waals surface area contributed by atoms with Crippen molar-refractivity contribution in [3.63, 3.8) is 0 Å². The van der Waals surface area contributed by atoms with Crippen LogP contribution >= 0.6 is 0 Å². The lowest BCUT2D eigenvalue weighted by molar-refractivity contribution is -0.137. The molecule has 0 N–H and O–H groups in total. The summed E-state index contributed by atoms with van der Waals surface area (Å²) in [6.45, 7) is 3.39. The molecule has 0 radical (unpaired) electrons. The number of benzene rings is 1.